The van der Waals surface area contributed by atoms with E-state index in [0.29, 0.717) is 37.9 Å². The van der Waals surface area contributed by atoms with E-state index < -0.39 is 5.79 Å². The second-order valence-corrected chi connectivity index (χ2v) is 7.14. The number of rotatable bonds is 5. The quantitative estimate of drug-likeness (QED) is 0.791. The van der Waals surface area contributed by atoms with Gasteiger partial charge in [0.15, 0.2) is 5.79 Å². The van der Waals surface area contributed by atoms with E-state index >= 15 is 0 Å². The van der Waals surface area contributed by atoms with E-state index in [1.54, 1.807) is 17.2 Å². The number of ether oxygens (including phenoxy) is 2. The van der Waals surface area contributed by atoms with Gasteiger partial charge in [-0.1, -0.05) is 30.3 Å². The maximum Gasteiger partial charge on any atom is 0.272 e. The van der Waals surface area contributed by atoms with Crippen LogP contribution in [0.3, 0.4) is 0 Å². The van der Waals surface area contributed by atoms with E-state index in [-0.39, 0.29) is 5.91 Å². The molecule has 7 heteroatoms. The molecule has 2 aliphatic rings. The Labute approximate surface area is 165 Å². The molecule has 1 aromatic carbocycles. The van der Waals surface area contributed by atoms with Crippen LogP contribution in [0, 0.1) is 0 Å². The summed E-state index contributed by atoms with van der Waals surface area (Å²) in [5.41, 5.74) is 1.53. The number of aromatic nitrogens is 2. The number of anilines is 1. The highest BCUT2D eigenvalue weighted by atomic mass is 16.7. The van der Waals surface area contributed by atoms with Gasteiger partial charge in [-0.15, -0.1) is 0 Å². The molecule has 28 heavy (non-hydrogen) atoms. The highest BCUT2D eigenvalue weighted by molar-refractivity contribution is 5.92. The summed E-state index contributed by atoms with van der Waals surface area (Å²) in [7, 11) is 0. The Balaban J connectivity index is 1.44. The molecule has 7 nitrogen and oxygen atoms in total. The van der Waals surface area contributed by atoms with Gasteiger partial charge < -0.3 is 19.3 Å². The fourth-order valence-electron chi connectivity index (χ4n) is 3.75. The molecular weight excluding hydrogens is 356 g/mol. The third kappa shape index (κ3) is 4.00. The van der Waals surface area contributed by atoms with Crippen molar-refractivity contribution in [3.63, 3.8) is 0 Å². The van der Waals surface area contributed by atoms with Crippen molar-refractivity contribution >= 4 is 11.9 Å². The lowest BCUT2D eigenvalue weighted by molar-refractivity contribution is -0.169. The van der Waals surface area contributed by atoms with Crippen molar-refractivity contribution in [1.29, 1.82) is 0 Å². The number of benzene rings is 1. The van der Waals surface area contributed by atoms with E-state index in [1.165, 1.54) is 0 Å². The summed E-state index contributed by atoms with van der Waals surface area (Å²) in [5.74, 6) is 0.0823. The van der Waals surface area contributed by atoms with Crippen LogP contribution < -0.4 is 4.90 Å². The third-order valence-electron chi connectivity index (χ3n) is 5.37. The summed E-state index contributed by atoms with van der Waals surface area (Å²) in [6.07, 6.45) is 3.23. The van der Waals surface area contributed by atoms with Crippen LogP contribution in [-0.2, 0) is 16.0 Å². The Morgan fingerprint density at radius 1 is 1.14 bits per heavy atom. The molecule has 2 saturated heterocycles. The Kier molecular flexibility index (Phi) is 5.54. The number of nitrogens with zero attached hydrogens (tertiary/aromatic N) is 4. The zero-order valence-electron chi connectivity index (χ0n) is 16.2. The molecule has 0 unspecified atom stereocenters. The van der Waals surface area contributed by atoms with Gasteiger partial charge in [0.25, 0.3) is 5.91 Å². The fraction of sp³-hybridized carbons (Fsp3) is 0.476. The first-order valence-electron chi connectivity index (χ1n) is 9.88. The van der Waals surface area contributed by atoms with Crippen molar-refractivity contribution in [2.24, 2.45) is 0 Å². The fourth-order valence-corrected chi connectivity index (χ4v) is 3.75. The van der Waals surface area contributed by atoms with Gasteiger partial charge >= 0.3 is 0 Å². The molecule has 1 amide bonds. The first kappa shape index (κ1) is 18.8. The van der Waals surface area contributed by atoms with Gasteiger partial charge in [0, 0.05) is 45.2 Å². The van der Waals surface area contributed by atoms with E-state index in [2.05, 4.69) is 14.9 Å². The topological polar surface area (TPSA) is 67.8 Å². The molecule has 0 N–H and O–H groups in total. The van der Waals surface area contributed by atoms with Gasteiger partial charge in [0.1, 0.15) is 5.69 Å². The van der Waals surface area contributed by atoms with E-state index in [0.717, 1.165) is 31.5 Å². The van der Waals surface area contributed by atoms with E-state index in [1.807, 2.05) is 37.3 Å². The maximum absolute atomic E-state index is 13.0. The lowest BCUT2D eigenvalue weighted by Crippen LogP contribution is -2.45. The van der Waals surface area contributed by atoms with Gasteiger partial charge in [0.2, 0.25) is 5.95 Å². The predicted octanol–water partition coefficient (Wildman–Crippen LogP) is 2.48. The molecule has 0 aliphatic carbocycles. The van der Waals surface area contributed by atoms with Crippen molar-refractivity contribution in [3.8, 4) is 0 Å². The smallest absolute Gasteiger partial charge is 0.272 e. The van der Waals surface area contributed by atoms with Crippen molar-refractivity contribution in [2.45, 2.75) is 32.1 Å². The Bertz CT molecular complexity index is 798. The largest absolute Gasteiger partial charge is 0.347 e. The number of hydrogen-bond acceptors (Lipinski definition) is 6. The minimum absolute atomic E-state index is 0.0778. The van der Waals surface area contributed by atoms with Crippen LogP contribution in [0.2, 0.25) is 0 Å². The predicted molar refractivity (Wildman–Crippen MR) is 105 cm³/mol. The average Bonchev–Trinajstić information content (AvgIpc) is 3.21. The van der Waals surface area contributed by atoms with Crippen LogP contribution in [0.5, 0.6) is 0 Å². The van der Waals surface area contributed by atoms with Gasteiger partial charge in [-0.05, 0) is 18.6 Å². The molecule has 2 aromatic rings. The Morgan fingerprint density at radius 3 is 2.54 bits per heavy atom. The molecule has 0 radical (unpaired) electrons. The zero-order valence-corrected chi connectivity index (χ0v) is 16.2. The SMILES string of the molecule is CCN(Cc1ccccc1)C(=O)c1ccnc(N2CCC3(CC2)OCCO3)n1. The molecule has 0 atom stereocenters. The van der Waals surface area contributed by atoms with Crippen LogP contribution >= 0.6 is 0 Å². The van der Waals surface area contributed by atoms with Gasteiger partial charge in [-0.3, -0.25) is 4.79 Å². The first-order chi connectivity index (χ1) is 13.7. The molecule has 148 valence electrons. The Morgan fingerprint density at radius 2 is 1.86 bits per heavy atom. The monoisotopic (exact) mass is 382 g/mol. The van der Waals surface area contributed by atoms with Crippen LogP contribution in [0.15, 0.2) is 42.6 Å². The summed E-state index contributed by atoms with van der Waals surface area (Å²) in [6.45, 7) is 5.99. The van der Waals surface area contributed by atoms with Crippen LogP contribution in [-0.4, -0.2) is 59.4 Å². The summed E-state index contributed by atoms with van der Waals surface area (Å²) < 4.78 is 11.6. The minimum atomic E-state index is -0.432. The molecule has 2 aliphatic heterocycles. The van der Waals surface area contributed by atoms with Crippen molar-refractivity contribution in [3.05, 3.63) is 53.9 Å². The molecule has 4 rings (SSSR count). The molecule has 1 spiro atoms. The summed E-state index contributed by atoms with van der Waals surface area (Å²) in [5, 5.41) is 0. The van der Waals surface area contributed by atoms with Gasteiger partial charge in [0.05, 0.1) is 13.2 Å². The van der Waals surface area contributed by atoms with E-state index in [9.17, 15) is 4.79 Å². The Hall–Kier alpha value is -2.51. The molecule has 1 aromatic heterocycles. The average molecular weight is 382 g/mol. The van der Waals surface area contributed by atoms with Crippen molar-refractivity contribution in [1.82, 2.24) is 14.9 Å². The van der Waals surface area contributed by atoms with Crippen molar-refractivity contribution in [2.75, 3.05) is 37.7 Å². The lowest BCUT2D eigenvalue weighted by atomic mass is 10.0. The number of piperidine rings is 1. The molecular formula is C21H26N4O3. The number of amides is 1. The first-order valence-corrected chi connectivity index (χ1v) is 9.88. The van der Waals surface area contributed by atoms with Crippen molar-refractivity contribution < 1.29 is 14.3 Å². The summed E-state index contributed by atoms with van der Waals surface area (Å²) >= 11 is 0. The summed E-state index contributed by atoms with van der Waals surface area (Å²) in [6, 6.07) is 11.7. The van der Waals surface area contributed by atoms with Gasteiger partial charge in [-0.2, -0.15) is 0 Å². The van der Waals surface area contributed by atoms with Crippen LogP contribution in [0.1, 0.15) is 35.8 Å². The third-order valence-corrected chi connectivity index (χ3v) is 5.37. The van der Waals surface area contributed by atoms with Crippen LogP contribution in [0.4, 0.5) is 5.95 Å². The minimum Gasteiger partial charge on any atom is -0.347 e. The van der Waals surface area contributed by atoms with E-state index in [4.69, 9.17) is 9.47 Å². The number of hydrogen-bond donors (Lipinski definition) is 0. The highest BCUT2D eigenvalue weighted by Crippen LogP contribution is 2.32. The highest BCUT2D eigenvalue weighted by Gasteiger charge is 2.40. The normalized spacial score (nSPS) is 18.4. The number of carbonyl (C=O) groups excluding carboxylic acids is 1. The maximum atomic E-state index is 13.0. The molecule has 0 bridgehead atoms. The second-order valence-electron chi connectivity index (χ2n) is 7.14. The second kappa shape index (κ2) is 8.24. The molecule has 0 saturated carbocycles. The van der Waals surface area contributed by atoms with Gasteiger partial charge in [-0.25, -0.2) is 9.97 Å². The lowest BCUT2D eigenvalue weighted by Gasteiger charge is -2.37. The number of carbonyl (C=O) groups is 1. The van der Waals surface area contributed by atoms with Crippen LogP contribution in [0.25, 0.3) is 0 Å². The zero-order chi connectivity index (χ0) is 19.4. The molecule has 3 heterocycles. The summed E-state index contributed by atoms with van der Waals surface area (Å²) in [4.78, 5) is 25.8. The standard InChI is InChI=1S/C21H26N4O3/c1-2-24(16-17-6-4-3-5-7-17)19(26)18-8-11-22-20(23-18)25-12-9-21(10-13-25)27-14-15-28-21/h3-8,11H,2,9-10,12-16H2,1H3. The molecule has 2 fully saturated rings.